The van der Waals surface area contributed by atoms with Crippen LogP contribution in [0.15, 0.2) is 48.5 Å². The van der Waals surface area contributed by atoms with Crippen LogP contribution in [0.4, 0.5) is 15.8 Å². The zero-order chi connectivity index (χ0) is 20.3. The fraction of sp³-hybridized carbons (Fsp3) is 0.250. The number of carbonyl (C=O) groups is 3. The van der Waals surface area contributed by atoms with E-state index in [2.05, 4.69) is 5.32 Å². The normalized spacial score (nSPS) is 15.1. The molecule has 146 valence electrons. The first kappa shape index (κ1) is 19.3. The third-order valence-corrected chi connectivity index (χ3v) is 4.14. The van der Waals surface area contributed by atoms with Crippen LogP contribution in [0.1, 0.15) is 13.8 Å². The Morgan fingerprint density at radius 3 is 2.46 bits per heavy atom. The van der Waals surface area contributed by atoms with Crippen LogP contribution in [-0.4, -0.2) is 36.5 Å². The van der Waals surface area contributed by atoms with E-state index >= 15 is 0 Å². The topological polar surface area (TPSA) is 84.9 Å². The molecule has 2 aromatic rings. The summed E-state index contributed by atoms with van der Waals surface area (Å²) in [5.74, 6) is -1.73. The van der Waals surface area contributed by atoms with E-state index in [1.165, 1.54) is 43.0 Å². The monoisotopic (exact) mass is 386 g/mol. The molecule has 7 nitrogen and oxygen atoms in total. The zero-order valence-corrected chi connectivity index (χ0v) is 15.3. The summed E-state index contributed by atoms with van der Waals surface area (Å²) in [5, 5.41) is 2.69. The Morgan fingerprint density at radius 1 is 1.07 bits per heavy atom. The van der Waals surface area contributed by atoms with Crippen molar-refractivity contribution in [3.8, 4) is 5.75 Å². The molecule has 2 aromatic carbocycles. The number of amides is 2. The fourth-order valence-electron chi connectivity index (χ4n) is 2.74. The van der Waals surface area contributed by atoms with Crippen LogP contribution < -0.4 is 15.0 Å². The van der Waals surface area contributed by atoms with E-state index in [1.54, 1.807) is 24.3 Å². The van der Waals surface area contributed by atoms with Crippen LogP contribution in [0.25, 0.3) is 0 Å². The van der Waals surface area contributed by atoms with E-state index in [9.17, 15) is 18.8 Å². The number of hydrogen-bond acceptors (Lipinski definition) is 5. The highest BCUT2D eigenvalue weighted by molar-refractivity contribution is 6.11. The lowest BCUT2D eigenvalue weighted by Crippen LogP contribution is -2.47. The molecule has 28 heavy (non-hydrogen) atoms. The van der Waals surface area contributed by atoms with E-state index in [4.69, 9.17) is 9.47 Å². The standard InChI is InChI=1S/C20H19FN2O5/c1-12(28-20(26)13(2)27-15-9-7-14(21)8-10-15)19(25)23-11-18(24)22-16-5-3-4-6-17(16)23/h3-10,12-13H,11H2,1-2H3,(H,22,24)/t12-,13+/m1/s1. The fourth-order valence-corrected chi connectivity index (χ4v) is 2.74. The molecule has 0 radical (unpaired) electrons. The number of esters is 1. The molecule has 0 aromatic heterocycles. The van der Waals surface area contributed by atoms with Crippen LogP contribution >= 0.6 is 0 Å². The van der Waals surface area contributed by atoms with Gasteiger partial charge in [-0.25, -0.2) is 9.18 Å². The molecule has 0 spiro atoms. The number of nitrogens with zero attached hydrogens (tertiary/aromatic N) is 1. The molecule has 0 unspecified atom stereocenters. The van der Waals surface area contributed by atoms with Crippen molar-refractivity contribution < 1.29 is 28.2 Å². The first-order valence-corrected chi connectivity index (χ1v) is 8.68. The molecular weight excluding hydrogens is 367 g/mol. The van der Waals surface area contributed by atoms with Crippen LogP contribution in [-0.2, 0) is 19.1 Å². The number of anilines is 2. The molecule has 3 rings (SSSR count). The van der Waals surface area contributed by atoms with Gasteiger partial charge in [0.05, 0.1) is 11.4 Å². The molecule has 0 bridgehead atoms. The van der Waals surface area contributed by atoms with Gasteiger partial charge in [-0.05, 0) is 50.2 Å². The van der Waals surface area contributed by atoms with Crippen molar-refractivity contribution >= 4 is 29.2 Å². The molecular formula is C20H19FN2O5. The van der Waals surface area contributed by atoms with Gasteiger partial charge in [0.15, 0.2) is 12.2 Å². The maximum absolute atomic E-state index is 12.9. The molecule has 2 atom stereocenters. The molecule has 1 heterocycles. The molecule has 0 aliphatic carbocycles. The second kappa shape index (κ2) is 8.08. The number of ether oxygens (including phenoxy) is 2. The molecule has 1 aliphatic rings. The molecule has 2 amide bonds. The first-order valence-electron chi connectivity index (χ1n) is 8.68. The Labute approximate surface area is 161 Å². The molecule has 1 aliphatic heterocycles. The third-order valence-electron chi connectivity index (χ3n) is 4.14. The van der Waals surface area contributed by atoms with E-state index < -0.39 is 29.9 Å². The smallest absolute Gasteiger partial charge is 0.347 e. The highest BCUT2D eigenvalue weighted by Crippen LogP contribution is 2.29. The third kappa shape index (κ3) is 4.28. The van der Waals surface area contributed by atoms with E-state index in [0.29, 0.717) is 17.1 Å². The van der Waals surface area contributed by atoms with Gasteiger partial charge in [0.1, 0.15) is 18.1 Å². The zero-order valence-electron chi connectivity index (χ0n) is 15.3. The number of halogens is 1. The summed E-state index contributed by atoms with van der Waals surface area (Å²) < 4.78 is 23.5. The Balaban J connectivity index is 1.64. The lowest BCUT2D eigenvalue weighted by Gasteiger charge is -2.31. The number of hydrogen-bond donors (Lipinski definition) is 1. The second-order valence-corrected chi connectivity index (χ2v) is 6.28. The summed E-state index contributed by atoms with van der Waals surface area (Å²) in [6, 6.07) is 12.0. The van der Waals surface area contributed by atoms with Crippen LogP contribution in [0.5, 0.6) is 5.75 Å². The van der Waals surface area contributed by atoms with E-state index in [0.717, 1.165) is 0 Å². The summed E-state index contributed by atoms with van der Waals surface area (Å²) >= 11 is 0. The largest absolute Gasteiger partial charge is 0.479 e. The van der Waals surface area contributed by atoms with Crippen molar-refractivity contribution in [1.82, 2.24) is 0 Å². The summed E-state index contributed by atoms with van der Waals surface area (Å²) in [7, 11) is 0. The molecule has 8 heteroatoms. The highest BCUT2D eigenvalue weighted by atomic mass is 19.1. The van der Waals surface area contributed by atoms with Gasteiger partial charge in [0, 0.05) is 0 Å². The van der Waals surface area contributed by atoms with Gasteiger partial charge in [0.2, 0.25) is 5.91 Å². The summed E-state index contributed by atoms with van der Waals surface area (Å²) in [4.78, 5) is 38.1. The Bertz CT molecular complexity index is 900. The molecule has 0 saturated heterocycles. The summed E-state index contributed by atoms with van der Waals surface area (Å²) in [5.41, 5.74) is 1.05. The molecule has 0 saturated carbocycles. The van der Waals surface area contributed by atoms with Crippen molar-refractivity contribution in [2.45, 2.75) is 26.1 Å². The van der Waals surface area contributed by atoms with Crippen molar-refractivity contribution in [1.29, 1.82) is 0 Å². The van der Waals surface area contributed by atoms with Gasteiger partial charge in [-0.15, -0.1) is 0 Å². The number of rotatable bonds is 5. The lowest BCUT2D eigenvalue weighted by molar-refractivity contribution is -0.160. The van der Waals surface area contributed by atoms with Gasteiger partial charge in [0.25, 0.3) is 5.91 Å². The van der Waals surface area contributed by atoms with Crippen LogP contribution in [0, 0.1) is 5.82 Å². The number of nitrogens with one attached hydrogen (secondary N) is 1. The van der Waals surface area contributed by atoms with Crippen LogP contribution in [0.3, 0.4) is 0 Å². The molecule has 0 fully saturated rings. The van der Waals surface area contributed by atoms with Gasteiger partial charge in [-0.1, -0.05) is 12.1 Å². The van der Waals surface area contributed by atoms with Crippen molar-refractivity contribution in [3.63, 3.8) is 0 Å². The average Bonchev–Trinajstić information content (AvgIpc) is 2.68. The van der Waals surface area contributed by atoms with E-state index in [-0.39, 0.29) is 12.5 Å². The quantitative estimate of drug-likeness (QED) is 0.798. The van der Waals surface area contributed by atoms with Crippen molar-refractivity contribution in [2.75, 3.05) is 16.8 Å². The minimum absolute atomic E-state index is 0.167. The number of fused-ring (bicyclic) bond motifs is 1. The lowest BCUT2D eigenvalue weighted by atomic mass is 10.1. The SMILES string of the molecule is C[C@H](Oc1ccc(F)cc1)C(=O)O[C@H](C)C(=O)N1CC(=O)Nc2ccccc21. The number of carbonyl (C=O) groups excluding carboxylic acids is 3. The first-order chi connectivity index (χ1) is 13.3. The highest BCUT2D eigenvalue weighted by Gasteiger charge is 2.32. The maximum Gasteiger partial charge on any atom is 0.347 e. The van der Waals surface area contributed by atoms with Gasteiger partial charge in [-0.3, -0.25) is 14.5 Å². The van der Waals surface area contributed by atoms with Gasteiger partial charge >= 0.3 is 5.97 Å². The number of benzene rings is 2. The maximum atomic E-state index is 12.9. The summed E-state index contributed by atoms with van der Waals surface area (Å²) in [6.45, 7) is 2.73. The predicted molar refractivity (Wildman–Crippen MR) is 99.5 cm³/mol. The summed E-state index contributed by atoms with van der Waals surface area (Å²) in [6.07, 6.45) is -2.12. The average molecular weight is 386 g/mol. The second-order valence-electron chi connectivity index (χ2n) is 6.28. The Hall–Kier alpha value is -3.42. The van der Waals surface area contributed by atoms with Gasteiger partial charge in [-0.2, -0.15) is 0 Å². The Morgan fingerprint density at radius 2 is 1.75 bits per heavy atom. The Kier molecular flexibility index (Phi) is 5.58. The van der Waals surface area contributed by atoms with E-state index in [1.807, 2.05) is 0 Å². The predicted octanol–water partition coefficient (Wildman–Crippen LogP) is 2.51. The van der Waals surface area contributed by atoms with Crippen molar-refractivity contribution in [2.24, 2.45) is 0 Å². The minimum Gasteiger partial charge on any atom is -0.479 e. The minimum atomic E-state index is -1.12. The van der Waals surface area contributed by atoms with Crippen LogP contribution in [0.2, 0.25) is 0 Å². The number of para-hydroxylation sites is 2. The van der Waals surface area contributed by atoms with Gasteiger partial charge < -0.3 is 14.8 Å². The van der Waals surface area contributed by atoms with Crippen molar-refractivity contribution in [3.05, 3.63) is 54.3 Å². The molecule has 1 N–H and O–H groups in total.